The number of hydrogen-bond donors (Lipinski definition) is 3. The van der Waals surface area contributed by atoms with Crippen LogP contribution in [0.25, 0.3) is 0 Å². The SMILES string of the molecule is CCCC/C=C/C/C=C/CCCCCCCC(=O)OC[C@H](COP(=O)(O)OC[C@@H](O)CO)OC(=O)CCCCCCCCCCCCCCCCCCC. The fourth-order valence-corrected chi connectivity index (χ4v) is 6.74. The first-order valence-electron chi connectivity index (χ1n) is 21.8. The molecule has 0 aliphatic rings. The molecular weight excluding hydrogens is 707 g/mol. The molecular formula is C43H81O10P. The monoisotopic (exact) mass is 789 g/mol. The van der Waals surface area contributed by atoms with E-state index in [0.717, 1.165) is 64.2 Å². The van der Waals surface area contributed by atoms with Crippen LogP contribution in [-0.4, -0.2) is 65.7 Å². The quantitative estimate of drug-likeness (QED) is 0.0236. The van der Waals surface area contributed by atoms with Gasteiger partial charge in [0.25, 0.3) is 0 Å². The molecule has 0 bridgehead atoms. The van der Waals surface area contributed by atoms with Crippen LogP contribution in [-0.2, 0) is 32.7 Å². The van der Waals surface area contributed by atoms with E-state index in [1.165, 1.54) is 96.3 Å². The molecule has 0 saturated carbocycles. The Morgan fingerprint density at radius 2 is 0.981 bits per heavy atom. The van der Waals surface area contributed by atoms with Crippen LogP contribution < -0.4 is 0 Å². The van der Waals surface area contributed by atoms with Crippen LogP contribution in [0.2, 0.25) is 0 Å². The van der Waals surface area contributed by atoms with Crippen molar-refractivity contribution in [1.29, 1.82) is 0 Å². The Labute approximate surface area is 329 Å². The molecule has 3 atom stereocenters. The van der Waals surface area contributed by atoms with E-state index >= 15 is 0 Å². The molecule has 0 radical (unpaired) electrons. The average molecular weight is 789 g/mol. The predicted octanol–water partition coefficient (Wildman–Crippen LogP) is 11.4. The van der Waals surface area contributed by atoms with Crippen molar-refractivity contribution < 1.29 is 47.8 Å². The van der Waals surface area contributed by atoms with Gasteiger partial charge >= 0.3 is 19.8 Å². The van der Waals surface area contributed by atoms with Gasteiger partial charge in [-0.05, 0) is 38.5 Å². The zero-order valence-electron chi connectivity index (χ0n) is 34.4. The minimum atomic E-state index is -4.62. The summed E-state index contributed by atoms with van der Waals surface area (Å²) in [4.78, 5) is 35.0. The van der Waals surface area contributed by atoms with Gasteiger partial charge in [-0.25, -0.2) is 4.57 Å². The van der Waals surface area contributed by atoms with E-state index < -0.39 is 51.8 Å². The molecule has 3 N–H and O–H groups in total. The van der Waals surface area contributed by atoms with E-state index in [9.17, 15) is 24.2 Å². The van der Waals surface area contributed by atoms with Crippen molar-refractivity contribution in [2.75, 3.05) is 26.4 Å². The maximum atomic E-state index is 12.6. The van der Waals surface area contributed by atoms with Gasteiger partial charge < -0.3 is 24.6 Å². The molecule has 0 aromatic heterocycles. The third kappa shape index (κ3) is 38.7. The maximum Gasteiger partial charge on any atom is 0.472 e. The average Bonchev–Trinajstić information content (AvgIpc) is 3.16. The lowest BCUT2D eigenvalue weighted by Crippen LogP contribution is -2.29. The van der Waals surface area contributed by atoms with Crippen LogP contribution in [0.3, 0.4) is 0 Å². The second-order valence-corrected chi connectivity index (χ2v) is 16.2. The van der Waals surface area contributed by atoms with Crippen molar-refractivity contribution in [3.05, 3.63) is 24.3 Å². The summed E-state index contributed by atoms with van der Waals surface area (Å²) >= 11 is 0. The molecule has 0 saturated heterocycles. The molecule has 0 aliphatic carbocycles. The lowest BCUT2D eigenvalue weighted by molar-refractivity contribution is -0.161. The number of hydrogen-bond acceptors (Lipinski definition) is 9. The standard InChI is InChI=1S/C43H81O10P/c1-3-5-7-9-11-13-15-17-19-20-21-23-25-27-29-31-33-35-43(47)53-41(39-52-54(48,49)51-37-40(45)36-44)38-50-42(46)34-32-30-28-26-24-22-18-16-14-12-10-8-6-4-2/h10,12,16,18,40-41,44-45H,3-9,11,13-15,17,19-39H2,1-2H3,(H,48,49)/b12-10+,18-16+/t40-,41+/m0/s1. The summed E-state index contributed by atoms with van der Waals surface area (Å²) in [5.41, 5.74) is 0. The lowest BCUT2D eigenvalue weighted by Gasteiger charge is -2.20. The normalized spacial score (nSPS) is 14.1. The summed E-state index contributed by atoms with van der Waals surface area (Å²) in [5, 5.41) is 18.3. The number of phosphoric acid groups is 1. The van der Waals surface area contributed by atoms with Crippen molar-refractivity contribution in [1.82, 2.24) is 0 Å². The number of carbonyl (C=O) groups is 2. The molecule has 0 aliphatic heterocycles. The Balaban J connectivity index is 4.28. The second kappa shape index (κ2) is 39.7. The van der Waals surface area contributed by atoms with Crippen molar-refractivity contribution in [3.8, 4) is 0 Å². The number of esters is 2. The van der Waals surface area contributed by atoms with E-state index in [1.807, 2.05) is 0 Å². The summed E-state index contributed by atoms with van der Waals surface area (Å²) in [7, 11) is -4.62. The van der Waals surface area contributed by atoms with Gasteiger partial charge in [-0.2, -0.15) is 0 Å². The Hall–Kier alpha value is -1.55. The van der Waals surface area contributed by atoms with Crippen molar-refractivity contribution in [2.24, 2.45) is 0 Å². The number of aliphatic hydroxyl groups is 2. The van der Waals surface area contributed by atoms with Crippen LogP contribution in [0.4, 0.5) is 0 Å². The molecule has 54 heavy (non-hydrogen) atoms. The molecule has 318 valence electrons. The topological polar surface area (TPSA) is 149 Å². The molecule has 10 nitrogen and oxygen atoms in total. The summed E-state index contributed by atoms with van der Waals surface area (Å²) in [6.45, 7) is 2.34. The molecule has 0 heterocycles. The minimum absolute atomic E-state index is 0.185. The molecule has 0 fully saturated rings. The van der Waals surface area contributed by atoms with Gasteiger partial charge in [-0.15, -0.1) is 0 Å². The zero-order valence-corrected chi connectivity index (χ0v) is 35.3. The van der Waals surface area contributed by atoms with Gasteiger partial charge in [0.2, 0.25) is 0 Å². The molecule has 1 unspecified atom stereocenters. The Morgan fingerprint density at radius 3 is 1.48 bits per heavy atom. The third-order valence-corrected chi connectivity index (χ3v) is 10.3. The highest BCUT2D eigenvalue weighted by Gasteiger charge is 2.27. The smallest absolute Gasteiger partial charge is 0.462 e. The van der Waals surface area contributed by atoms with Crippen LogP contribution in [0.1, 0.15) is 200 Å². The molecule has 0 spiro atoms. The molecule has 0 amide bonds. The number of allylic oxidation sites excluding steroid dienone is 4. The maximum absolute atomic E-state index is 12.6. The largest absolute Gasteiger partial charge is 0.472 e. The van der Waals surface area contributed by atoms with Crippen LogP contribution in [0, 0.1) is 0 Å². The Bertz CT molecular complexity index is 957. The summed E-state index contributed by atoms with van der Waals surface area (Å²) in [6.07, 6.45) is 38.5. The summed E-state index contributed by atoms with van der Waals surface area (Å²) in [6, 6.07) is 0. The first-order chi connectivity index (χ1) is 26.2. The predicted molar refractivity (Wildman–Crippen MR) is 219 cm³/mol. The fraction of sp³-hybridized carbons (Fsp3) is 0.860. The van der Waals surface area contributed by atoms with Crippen LogP contribution >= 0.6 is 7.82 Å². The van der Waals surface area contributed by atoms with Gasteiger partial charge in [0.15, 0.2) is 6.10 Å². The fourth-order valence-electron chi connectivity index (χ4n) is 5.95. The highest BCUT2D eigenvalue weighted by atomic mass is 31.2. The van der Waals surface area contributed by atoms with E-state index in [1.54, 1.807) is 0 Å². The molecule has 0 aromatic carbocycles. The van der Waals surface area contributed by atoms with Crippen molar-refractivity contribution in [3.63, 3.8) is 0 Å². The molecule has 0 rings (SSSR count). The minimum Gasteiger partial charge on any atom is -0.462 e. The number of carbonyl (C=O) groups excluding carboxylic acids is 2. The molecule has 11 heteroatoms. The first kappa shape index (κ1) is 52.5. The van der Waals surface area contributed by atoms with E-state index in [-0.39, 0.29) is 19.4 Å². The van der Waals surface area contributed by atoms with Crippen LogP contribution in [0.5, 0.6) is 0 Å². The summed E-state index contributed by atoms with van der Waals surface area (Å²) < 4.78 is 32.7. The van der Waals surface area contributed by atoms with E-state index in [0.29, 0.717) is 12.8 Å². The van der Waals surface area contributed by atoms with E-state index in [4.69, 9.17) is 19.1 Å². The lowest BCUT2D eigenvalue weighted by atomic mass is 10.0. The highest BCUT2D eigenvalue weighted by molar-refractivity contribution is 7.47. The van der Waals surface area contributed by atoms with Crippen molar-refractivity contribution in [2.45, 2.75) is 212 Å². The van der Waals surface area contributed by atoms with Gasteiger partial charge in [-0.3, -0.25) is 18.6 Å². The van der Waals surface area contributed by atoms with Crippen LogP contribution in [0.15, 0.2) is 24.3 Å². The number of ether oxygens (including phenoxy) is 2. The van der Waals surface area contributed by atoms with E-state index in [2.05, 4.69) is 42.7 Å². The number of phosphoric ester groups is 1. The van der Waals surface area contributed by atoms with Gasteiger partial charge in [0.05, 0.1) is 19.8 Å². The number of aliphatic hydroxyl groups excluding tert-OH is 2. The van der Waals surface area contributed by atoms with Gasteiger partial charge in [0, 0.05) is 12.8 Å². The molecule has 0 aromatic rings. The summed E-state index contributed by atoms with van der Waals surface area (Å²) in [5.74, 6) is -0.933. The Kier molecular flexibility index (Phi) is 38.5. The Morgan fingerprint density at radius 1 is 0.556 bits per heavy atom. The number of rotatable bonds is 41. The van der Waals surface area contributed by atoms with Gasteiger partial charge in [0.1, 0.15) is 12.7 Å². The zero-order chi connectivity index (χ0) is 39.8. The third-order valence-electron chi connectivity index (χ3n) is 9.36. The highest BCUT2D eigenvalue weighted by Crippen LogP contribution is 2.43. The van der Waals surface area contributed by atoms with Gasteiger partial charge in [-0.1, -0.05) is 173 Å². The van der Waals surface area contributed by atoms with Crippen molar-refractivity contribution >= 4 is 19.8 Å². The number of unbranched alkanes of at least 4 members (excludes halogenated alkanes) is 23. The first-order valence-corrected chi connectivity index (χ1v) is 23.3. The second-order valence-electron chi connectivity index (χ2n) is 14.7.